The van der Waals surface area contributed by atoms with Crippen LogP contribution < -0.4 is 0 Å². The fraction of sp³-hybridized carbons (Fsp3) is 0.444. The van der Waals surface area contributed by atoms with E-state index < -0.39 is 0 Å². The van der Waals surface area contributed by atoms with Gasteiger partial charge in [-0.3, -0.25) is 8.99 Å². The largest absolute Gasteiger partial charge is 0.346 e. The van der Waals surface area contributed by atoms with Gasteiger partial charge in [0.05, 0.1) is 11.7 Å². The van der Waals surface area contributed by atoms with Gasteiger partial charge < -0.3 is 4.98 Å². The average molecular weight is 341 g/mol. The number of nitrogens with zero attached hydrogens (tertiary/aromatic N) is 4. The maximum Gasteiger partial charge on any atom is 0.137 e. The maximum atomic E-state index is 4.75. The van der Waals surface area contributed by atoms with E-state index in [1.165, 1.54) is 5.56 Å². The number of hydrogen-bond donors (Lipinski definition) is 1. The molecule has 24 heavy (non-hydrogen) atoms. The molecule has 1 N–H and O–H groups in total. The van der Waals surface area contributed by atoms with Crippen LogP contribution in [-0.2, 0) is 5.54 Å². The van der Waals surface area contributed by atoms with Crippen molar-refractivity contribution in [3.8, 4) is 11.1 Å². The SMILES string of the molecule is CCC1(n2cc(-c3c[nH]c4ncccc34)cn2)CCN(SC)CC1. The highest BCUT2D eigenvalue weighted by atomic mass is 32.2. The first kappa shape index (κ1) is 15.7. The van der Waals surface area contributed by atoms with Gasteiger partial charge in [0.25, 0.3) is 0 Å². The minimum Gasteiger partial charge on any atom is -0.346 e. The van der Waals surface area contributed by atoms with Crippen LogP contribution in [0.25, 0.3) is 22.2 Å². The summed E-state index contributed by atoms with van der Waals surface area (Å²) in [6.07, 6.45) is 13.6. The van der Waals surface area contributed by atoms with Crippen molar-refractivity contribution in [1.82, 2.24) is 24.1 Å². The number of pyridine rings is 1. The van der Waals surface area contributed by atoms with E-state index in [0.29, 0.717) is 0 Å². The summed E-state index contributed by atoms with van der Waals surface area (Å²) >= 11 is 1.85. The van der Waals surface area contributed by atoms with Gasteiger partial charge in [0.2, 0.25) is 0 Å². The molecule has 0 unspecified atom stereocenters. The van der Waals surface area contributed by atoms with Crippen molar-refractivity contribution in [2.45, 2.75) is 31.7 Å². The van der Waals surface area contributed by atoms with Gasteiger partial charge in [-0.05, 0) is 37.7 Å². The zero-order valence-electron chi connectivity index (χ0n) is 14.2. The summed E-state index contributed by atoms with van der Waals surface area (Å²) < 4.78 is 4.67. The Morgan fingerprint density at radius 3 is 2.92 bits per heavy atom. The van der Waals surface area contributed by atoms with Gasteiger partial charge in [-0.25, -0.2) is 4.98 Å². The highest BCUT2D eigenvalue weighted by Gasteiger charge is 2.35. The van der Waals surface area contributed by atoms with Crippen molar-refractivity contribution in [2.24, 2.45) is 0 Å². The Morgan fingerprint density at radius 1 is 1.33 bits per heavy atom. The Kier molecular flexibility index (Phi) is 4.10. The molecule has 0 saturated carbocycles. The predicted octanol–water partition coefficient (Wildman–Crippen LogP) is 3.91. The molecule has 0 bridgehead atoms. The van der Waals surface area contributed by atoms with Gasteiger partial charge in [-0.1, -0.05) is 18.9 Å². The van der Waals surface area contributed by atoms with Gasteiger partial charge >= 0.3 is 0 Å². The molecule has 1 aliphatic heterocycles. The number of H-pyrrole nitrogens is 1. The maximum absolute atomic E-state index is 4.75. The van der Waals surface area contributed by atoms with Crippen LogP contribution in [0.15, 0.2) is 36.9 Å². The Hall–Kier alpha value is -1.79. The first-order valence-corrected chi connectivity index (χ1v) is 9.70. The van der Waals surface area contributed by atoms with Gasteiger partial charge in [0, 0.05) is 48.2 Å². The molecule has 3 aromatic heterocycles. The van der Waals surface area contributed by atoms with E-state index in [-0.39, 0.29) is 5.54 Å². The number of aromatic amines is 1. The molecule has 0 spiro atoms. The van der Waals surface area contributed by atoms with Crippen LogP contribution in [-0.4, -0.2) is 43.4 Å². The predicted molar refractivity (Wildman–Crippen MR) is 99.9 cm³/mol. The van der Waals surface area contributed by atoms with Crippen LogP contribution in [0.2, 0.25) is 0 Å². The van der Waals surface area contributed by atoms with Crippen molar-refractivity contribution in [1.29, 1.82) is 0 Å². The lowest BCUT2D eigenvalue weighted by molar-refractivity contribution is 0.144. The molecule has 0 aliphatic carbocycles. The third-order valence-electron chi connectivity index (χ3n) is 5.40. The molecule has 126 valence electrons. The Labute approximate surface area is 146 Å². The smallest absolute Gasteiger partial charge is 0.137 e. The molecular formula is C18H23N5S. The van der Waals surface area contributed by atoms with Crippen molar-refractivity contribution >= 4 is 23.0 Å². The number of fused-ring (bicyclic) bond motifs is 1. The van der Waals surface area contributed by atoms with E-state index in [1.807, 2.05) is 36.6 Å². The lowest BCUT2D eigenvalue weighted by atomic mass is 9.86. The third kappa shape index (κ3) is 2.54. The second-order valence-corrected chi connectivity index (χ2v) is 7.35. The van der Waals surface area contributed by atoms with Crippen molar-refractivity contribution < 1.29 is 0 Å². The normalized spacial score (nSPS) is 18.2. The van der Waals surface area contributed by atoms with Crippen molar-refractivity contribution in [3.63, 3.8) is 0 Å². The summed E-state index contributed by atoms with van der Waals surface area (Å²) in [6.45, 7) is 4.54. The topological polar surface area (TPSA) is 49.7 Å². The molecule has 0 atom stereocenters. The van der Waals surface area contributed by atoms with Crippen molar-refractivity contribution in [2.75, 3.05) is 19.3 Å². The second-order valence-electron chi connectivity index (χ2n) is 6.46. The minimum atomic E-state index is 0.148. The third-order valence-corrected chi connectivity index (χ3v) is 6.28. The molecule has 4 rings (SSSR count). The molecule has 5 nitrogen and oxygen atoms in total. The lowest BCUT2D eigenvalue weighted by Crippen LogP contribution is -2.43. The number of hydrogen-bond acceptors (Lipinski definition) is 4. The molecule has 1 saturated heterocycles. The zero-order chi connectivity index (χ0) is 16.6. The van der Waals surface area contributed by atoms with Crippen LogP contribution in [0.4, 0.5) is 0 Å². The minimum absolute atomic E-state index is 0.148. The lowest BCUT2D eigenvalue weighted by Gasteiger charge is -2.40. The van der Waals surface area contributed by atoms with E-state index >= 15 is 0 Å². The second kappa shape index (κ2) is 6.26. The van der Waals surface area contributed by atoms with E-state index in [4.69, 9.17) is 5.10 Å². The molecule has 6 heteroatoms. The van der Waals surface area contributed by atoms with E-state index in [9.17, 15) is 0 Å². The van der Waals surface area contributed by atoms with Crippen LogP contribution in [0, 0.1) is 0 Å². The summed E-state index contributed by atoms with van der Waals surface area (Å²) in [7, 11) is 0. The summed E-state index contributed by atoms with van der Waals surface area (Å²) in [5.41, 5.74) is 3.42. The Bertz CT molecular complexity index is 829. The first-order valence-electron chi connectivity index (χ1n) is 8.52. The molecule has 3 aromatic rings. The number of piperidine rings is 1. The first-order chi connectivity index (χ1) is 11.8. The van der Waals surface area contributed by atoms with Gasteiger partial charge in [0.15, 0.2) is 0 Å². The van der Waals surface area contributed by atoms with E-state index in [2.05, 4.69) is 44.4 Å². The number of rotatable bonds is 4. The molecular weight excluding hydrogens is 318 g/mol. The van der Waals surface area contributed by atoms with E-state index in [0.717, 1.165) is 48.9 Å². The molecule has 1 aliphatic rings. The monoisotopic (exact) mass is 341 g/mol. The number of aromatic nitrogens is 4. The van der Waals surface area contributed by atoms with Crippen LogP contribution in [0.3, 0.4) is 0 Å². The quantitative estimate of drug-likeness (QED) is 0.731. The summed E-state index contributed by atoms with van der Waals surface area (Å²) in [6, 6.07) is 4.09. The fourth-order valence-electron chi connectivity index (χ4n) is 3.75. The Balaban J connectivity index is 1.67. The molecule has 0 amide bonds. The fourth-order valence-corrected chi connectivity index (χ4v) is 4.29. The average Bonchev–Trinajstić information content (AvgIpc) is 3.28. The highest BCUT2D eigenvalue weighted by molar-refractivity contribution is 7.96. The van der Waals surface area contributed by atoms with Crippen molar-refractivity contribution in [3.05, 3.63) is 36.9 Å². The van der Waals surface area contributed by atoms with Crippen LogP contribution >= 0.6 is 11.9 Å². The van der Waals surface area contributed by atoms with Crippen LogP contribution in [0.5, 0.6) is 0 Å². The molecule has 1 fully saturated rings. The molecule has 0 aromatic carbocycles. The van der Waals surface area contributed by atoms with Gasteiger partial charge in [-0.2, -0.15) is 5.10 Å². The van der Waals surface area contributed by atoms with Crippen LogP contribution in [0.1, 0.15) is 26.2 Å². The summed E-state index contributed by atoms with van der Waals surface area (Å²) in [5.74, 6) is 0. The number of nitrogens with one attached hydrogen (secondary N) is 1. The Morgan fingerprint density at radius 2 is 2.17 bits per heavy atom. The molecule has 4 heterocycles. The standard InChI is InChI=1S/C18H23N5S/c1-3-18(6-9-22(24-2)10-7-18)23-13-14(11-21-23)16-12-20-17-15(16)5-4-8-19-17/h4-5,8,11-13H,3,6-7,9-10H2,1-2H3,(H,19,20). The summed E-state index contributed by atoms with van der Waals surface area (Å²) in [5, 5.41) is 5.91. The highest BCUT2D eigenvalue weighted by Crippen LogP contribution is 2.36. The summed E-state index contributed by atoms with van der Waals surface area (Å²) in [4.78, 5) is 7.64. The van der Waals surface area contributed by atoms with Gasteiger partial charge in [-0.15, -0.1) is 0 Å². The van der Waals surface area contributed by atoms with E-state index in [1.54, 1.807) is 0 Å². The zero-order valence-corrected chi connectivity index (χ0v) is 15.0. The molecule has 0 radical (unpaired) electrons. The van der Waals surface area contributed by atoms with Gasteiger partial charge in [0.1, 0.15) is 5.65 Å².